The van der Waals surface area contributed by atoms with Crippen LogP contribution in [0.25, 0.3) is 0 Å². The molecular weight excluding hydrogens is 332 g/mol. The lowest BCUT2D eigenvalue weighted by Gasteiger charge is -2.30. The summed E-state index contributed by atoms with van der Waals surface area (Å²) < 4.78 is 0. The third-order valence-corrected chi connectivity index (χ3v) is 4.49. The lowest BCUT2D eigenvalue weighted by atomic mass is 9.97. The van der Waals surface area contributed by atoms with Crippen LogP contribution in [0.15, 0.2) is 6.07 Å². The molecule has 0 saturated carbocycles. The standard InChI is InChI=1S/C18H30N6O2/c1-3-4-7-15-22-13(2)11-16(23-15)20-8-9-21-17(25)14-6-5-10-24(12-14)18(19)26/h11,14H,3-10,12H2,1-2H3,(H2,19,26)(H,21,25)(H,20,22,23)/t14-/m1/s1. The number of hydrogen-bond donors (Lipinski definition) is 3. The molecule has 0 unspecified atom stereocenters. The molecule has 8 nitrogen and oxygen atoms in total. The molecule has 0 aromatic carbocycles. The molecule has 3 amide bonds. The number of nitrogens with zero attached hydrogens (tertiary/aromatic N) is 3. The number of amides is 3. The third kappa shape index (κ3) is 6.16. The minimum Gasteiger partial charge on any atom is -0.368 e. The zero-order chi connectivity index (χ0) is 18.9. The van der Waals surface area contributed by atoms with E-state index < -0.39 is 6.03 Å². The molecule has 26 heavy (non-hydrogen) atoms. The van der Waals surface area contributed by atoms with Crippen LogP contribution >= 0.6 is 0 Å². The van der Waals surface area contributed by atoms with Gasteiger partial charge in [-0.2, -0.15) is 0 Å². The summed E-state index contributed by atoms with van der Waals surface area (Å²) in [6.07, 6.45) is 4.65. The number of aromatic nitrogens is 2. The molecule has 0 spiro atoms. The van der Waals surface area contributed by atoms with Crippen LogP contribution in [0.4, 0.5) is 10.6 Å². The van der Waals surface area contributed by atoms with E-state index in [-0.39, 0.29) is 11.8 Å². The maximum absolute atomic E-state index is 12.3. The van der Waals surface area contributed by atoms with Crippen LogP contribution in [0.5, 0.6) is 0 Å². The normalized spacial score (nSPS) is 17.0. The van der Waals surface area contributed by atoms with Crippen LogP contribution in [0, 0.1) is 12.8 Å². The number of unbranched alkanes of at least 4 members (excludes halogenated alkanes) is 1. The number of carbonyl (C=O) groups excluding carboxylic acids is 2. The Morgan fingerprint density at radius 1 is 1.35 bits per heavy atom. The van der Waals surface area contributed by atoms with Crippen molar-refractivity contribution in [2.24, 2.45) is 11.7 Å². The first-order valence-corrected chi connectivity index (χ1v) is 9.40. The van der Waals surface area contributed by atoms with Crippen molar-refractivity contribution in [3.05, 3.63) is 17.6 Å². The summed E-state index contributed by atoms with van der Waals surface area (Å²) in [5.41, 5.74) is 6.24. The van der Waals surface area contributed by atoms with E-state index in [2.05, 4.69) is 27.5 Å². The van der Waals surface area contributed by atoms with Crippen LogP contribution in [0.3, 0.4) is 0 Å². The fourth-order valence-corrected chi connectivity index (χ4v) is 3.08. The molecular formula is C18H30N6O2. The van der Waals surface area contributed by atoms with Crippen LogP contribution in [-0.2, 0) is 11.2 Å². The first kappa shape index (κ1) is 19.9. The number of likely N-dealkylation sites (tertiary alicyclic amines) is 1. The number of urea groups is 1. The quantitative estimate of drug-likeness (QED) is 0.606. The molecule has 1 saturated heterocycles. The van der Waals surface area contributed by atoms with E-state index in [1.54, 1.807) is 0 Å². The summed E-state index contributed by atoms with van der Waals surface area (Å²) in [6, 6.07) is 1.45. The van der Waals surface area contributed by atoms with E-state index >= 15 is 0 Å². The van der Waals surface area contributed by atoms with Gasteiger partial charge in [0, 0.05) is 44.4 Å². The van der Waals surface area contributed by atoms with Crippen molar-refractivity contribution in [2.45, 2.75) is 46.0 Å². The summed E-state index contributed by atoms with van der Waals surface area (Å²) in [6.45, 7) is 6.22. The summed E-state index contributed by atoms with van der Waals surface area (Å²) in [5.74, 6) is 1.43. The number of hydrogen-bond acceptors (Lipinski definition) is 5. The molecule has 1 aliphatic heterocycles. The molecule has 2 rings (SSSR count). The maximum Gasteiger partial charge on any atom is 0.314 e. The van der Waals surface area contributed by atoms with Crippen molar-refractivity contribution in [1.82, 2.24) is 20.2 Å². The van der Waals surface area contributed by atoms with Crippen molar-refractivity contribution in [3.8, 4) is 0 Å². The minimum atomic E-state index is -0.456. The van der Waals surface area contributed by atoms with Crippen molar-refractivity contribution in [1.29, 1.82) is 0 Å². The highest BCUT2D eigenvalue weighted by Gasteiger charge is 2.27. The van der Waals surface area contributed by atoms with Crippen LogP contribution in [-0.4, -0.2) is 53.0 Å². The number of rotatable bonds is 8. The number of anilines is 1. The van der Waals surface area contributed by atoms with Crippen LogP contribution < -0.4 is 16.4 Å². The molecule has 144 valence electrons. The Hall–Kier alpha value is -2.38. The predicted molar refractivity (Wildman–Crippen MR) is 101 cm³/mol. The number of aryl methyl sites for hydroxylation is 2. The largest absolute Gasteiger partial charge is 0.368 e. The molecule has 1 aliphatic rings. The van der Waals surface area contributed by atoms with E-state index in [1.165, 1.54) is 4.90 Å². The summed E-state index contributed by atoms with van der Waals surface area (Å²) in [7, 11) is 0. The zero-order valence-corrected chi connectivity index (χ0v) is 15.8. The maximum atomic E-state index is 12.3. The Morgan fingerprint density at radius 2 is 2.15 bits per heavy atom. The molecule has 1 aromatic heterocycles. The molecule has 0 bridgehead atoms. The lowest BCUT2D eigenvalue weighted by molar-refractivity contribution is -0.126. The van der Waals surface area contributed by atoms with E-state index in [9.17, 15) is 9.59 Å². The molecule has 1 atom stereocenters. The summed E-state index contributed by atoms with van der Waals surface area (Å²) >= 11 is 0. The number of nitrogens with one attached hydrogen (secondary N) is 2. The average Bonchev–Trinajstić information content (AvgIpc) is 2.63. The van der Waals surface area contributed by atoms with E-state index in [1.807, 2.05) is 13.0 Å². The highest BCUT2D eigenvalue weighted by Crippen LogP contribution is 2.16. The van der Waals surface area contributed by atoms with Gasteiger partial charge in [0.05, 0.1) is 5.92 Å². The number of primary amides is 1. The molecule has 0 aliphatic carbocycles. The van der Waals surface area contributed by atoms with Gasteiger partial charge < -0.3 is 21.3 Å². The first-order chi connectivity index (χ1) is 12.5. The average molecular weight is 362 g/mol. The molecule has 8 heteroatoms. The van der Waals surface area contributed by atoms with E-state index in [4.69, 9.17) is 5.73 Å². The van der Waals surface area contributed by atoms with Crippen molar-refractivity contribution in [3.63, 3.8) is 0 Å². The second-order valence-electron chi connectivity index (χ2n) is 6.76. The predicted octanol–water partition coefficient (Wildman–Crippen LogP) is 1.45. The molecule has 1 aromatic rings. The van der Waals surface area contributed by atoms with Gasteiger partial charge in [0.15, 0.2) is 0 Å². The van der Waals surface area contributed by atoms with Gasteiger partial charge in [-0.25, -0.2) is 14.8 Å². The minimum absolute atomic E-state index is 0.0275. The van der Waals surface area contributed by atoms with Crippen molar-refractivity contribution >= 4 is 17.8 Å². The number of piperidine rings is 1. The van der Waals surface area contributed by atoms with Gasteiger partial charge in [0.2, 0.25) is 5.91 Å². The van der Waals surface area contributed by atoms with Crippen molar-refractivity contribution in [2.75, 3.05) is 31.5 Å². The molecule has 0 radical (unpaired) electrons. The smallest absolute Gasteiger partial charge is 0.314 e. The molecule has 1 fully saturated rings. The topological polar surface area (TPSA) is 113 Å². The van der Waals surface area contributed by atoms with Gasteiger partial charge in [-0.05, 0) is 26.2 Å². The SMILES string of the molecule is CCCCc1nc(C)cc(NCCNC(=O)[C@@H]2CCCN(C(N)=O)C2)n1. The Morgan fingerprint density at radius 3 is 2.88 bits per heavy atom. The number of nitrogens with two attached hydrogens (primary N) is 1. The zero-order valence-electron chi connectivity index (χ0n) is 15.8. The Balaban J connectivity index is 1.75. The highest BCUT2D eigenvalue weighted by molar-refractivity contribution is 5.80. The third-order valence-electron chi connectivity index (χ3n) is 4.49. The second-order valence-corrected chi connectivity index (χ2v) is 6.76. The van der Waals surface area contributed by atoms with Gasteiger partial charge in [-0.15, -0.1) is 0 Å². The Kier molecular flexibility index (Phi) is 7.62. The number of carbonyl (C=O) groups is 2. The molecule has 4 N–H and O–H groups in total. The van der Waals surface area contributed by atoms with E-state index in [0.717, 1.165) is 49.4 Å². The van der Waals surface area contributed by atoms with Gasteiger partial charge >= 0.3 is 6.03 Å². The second kappa shape index (κ2) is 9.94. The highest BCUT2D eigenvalue weighted by atomic mass is 16.2. The first-order valence-electron chi connectivity index (χ1n) is 9.40. The fourth-order valence-electron chi connectivity index (χ4n) is 3.08. The monoisotopic (exact) mass is 362 g/mol. The summed E-state index contributed by atoms with van der Waals surface area (Å²) in [5, 5.41) is 6.16. The van der Waals surface area contributed by atoms with Gasteiger partial charge in [-0.3, -0.25) is 4.79 Å². The van der Waals surface area contributed by atoms with Crippen LogP contribution in [0.1, 0.15) is 44.1 Å². The Bertz CT molecular complexity index is 622. The van der Waals surface area contributed by atoms with Gasteiger partial charge in [0.1, 0.15) is 11.6 Å². The molecule has 2 heterocycles. The van der Waals surface area contributed by atoms with Gasteiger partial charge in [-0.1, -0.05) is 13.3 Å². The van der Waals surface area contributed by atoms with Crippen LogP contribution in [0.2, 0.25) is 0 Å². The van der Waals surface area contributed by atoms with Gasteiger partial charge in [0.25, 0.3) is 0 Å². The van der Waals surface area contributed by atoms with Crippen molar-refractivity contribution < 1.29 is 9.59 Å². The fraction of sp³-hybridized carbons (Fsp3) is 0.667. The summed E-state index contributed by atoms with van der Waals surface area (Å²) in [4.78, 5) is 34.0. The lowest BCUT2D eigenvalue weighted by Crippen LogP contribution is -2.47. The Labute approximate surface area is 154 Å². The van der Waals surface area contributed by atoms with E-state index in [0.29, 0.717) is 26.2 Å².